The summed E-state index contributed by atoms with van der Waals surface area (Å²) in [5.74, 6) is 0. The van der Waals surface area contributed by atoms with Gasteiger partial charge < -0.3 is 13.7 Å². The quantitative estimate of drug-likeness (QED) is 0.168. The van der Waals surface area contributed by atoms with Gasteiger partial charge in [0.1, 0.15) is 22.3 Å². The lowest BCUT2D eigenvalue weighted by molar-refractivity contribution is 0.665. The van der Waals surface area contributed by atoms with E-state index >= 15 is 0 Å². The summed E-state index contributed by atoms with van der Waals surface area (Å²) in [5.41, 5.74) is 13.4. The number of hydrogen-bond acceptors (Lipinski definition) is 4. The van der Waals surface area contributed by atoms with Crippen molar-refractivity contribution < 1.29 is 8.83 Å². The van der Waals surface area contributed by atoms with Crippen LogP contribution in [0.15, 0.2) is 221 Å². The van der Waals surface area contributed by atoms with E-state index in [1.165, 1.54) is 42.4 Å². The number of para-hydroxylation sites is 2. The van der Waals surface area contributed by atoms with E-state index in [1.54, 1.807) is 0 Å². The molecule has 0 amide bonds. The molecule has 290 valence electrons. The maximum absolute atomic E-state index is 7.08. The van der Waals surface area contributed by atoms with Gasteiger partial charge in [0.25, 0.3) is 0 Å². The van der Waals surface area contributed by atoms with Crippen LogP contribution >= 0.6 is 11.3 Å². The number of thiophene rings is 1. The standard InChI is InChI=1S/C58H35NO2S/c1-2-13-36(14-3-1)37-27-31-40(32-28-37)59(41-33-29-38(30-34-41)43-19-10-21-47-45-18-7-9-26-53(45)62-58(43)47)50-23-12-25-52-55(50)49-35-39-15-4-5-16-42(39)54(57(49)61-52)48-22-11-20-46-44-17-6-8-24-51(44)60-56(46)48/h1-35H. The Morgan fingerprint density at radius 1 is 0.371 bits per heavy atom. The minimum absolute atomic E-state index is 0.824. The Morgan fingerprint density at radius 2 is 0.968 bits per heavy atom. The van der Waals surface area contributed by atoms with Gasteiger partial charge in [0.15, 0.2) is 0 Å². The number of benzene rings is 10. The minimum Gasteiger partial charge on any atom is -0.455 e. The van der Waals surface area contributed by atoms with Crippen molar-refractivity contribution in [2.45, 2.75) is 0 Å². The van der Waals surface area contributed by atoms with Gasteiger partial charge in [-0.3, -0.25) is 0 Å². The number of fused-ring (bicyclic) bond motifs is 10. The van der Waals surface area contributed by atoms with E-state index in [4.69, 9.17) is 8.83 Å². The molecular weight excluding hydrogens is 775 g/mol. The van der Waals surface area contributed by atoms with Gasteiger partial charge in [0.05, 0.1) is 11.1 Å². The van der Waals surface area contributed by atoms with Crippen LogP contribution in [-0.2, 0) is 0 Å². The fourth-order valence-corrected chi connectivity index (χ4v) is 10.9. The van der Waals surface area contributed by atoms with Crippen LogP contribution in [0.4, 0.5) is 17.1 Å². The molecule has 3 aromatic heterocycles. The van der Waals surface area contributed by atoms with Crippen molar-refractivity contribution in [3.8, 4) is 33.4 Å². The maximum Gasteiger partial charge on any atom is 0.144 e. The summed E-state index contributed by atoms with van der Waals surface area (Å²) in [7, 11) is 0. The topological polar surface area (TPSA) is 29.5 Å². The molecule has 0 aliphatic carbocycles. The second-order valence-corrected chi connectivity index (χ2v) is 17.0. The van der Waals surface area contributed by atoms with Gasteiger partial charge in [-0.15, -0.1) is 11.3 Å². The number of rotatable bonds is 6. The zero-order valence-corrected chi connectivity index (χ0v) is 34.2. The fourth-order valence-electron chi connectivity index (χ4n) is 9.63. The van der Waals surface area contributed by atoms with Crippen LogP contribution in [0, 0.1) is 0 Å². The molecule has 3 heterocycles. The summed E-state index contributed by atoms with van der Waals surface area (Å²) >= 11 is 1.87. The molecule has 4 heteroatoms. The lowest BCUT2D eigenvalue weighted by Crippen LogP contribution is -2.10. The molecule has 0 aliphatic rings. The average molecular weight is 810 g/mol. The van der Waals surface area contributed by atoms with E-state index in [1.807, 2.05) is 23.5 Å². The second kappa shape index (κ2) is 13.8. The van der Waals surface area contributed by atoms with Crippen molar-refractivity contribution in [2.75, 3.05) is 4.90 Å². The molecule has 0 unspecified atom stereocenters. The molecule has 0 aliphatic heterocycles. The number of furan rings is 2. The predicted molar refractivity (Wildman–Crippen MR) is 262 cm³/mol. The Morgan fingerprint density at radius 3 is 1.79 bits per heavy atom. The monoisotopic (exact) mass is 809 g/mol. The number of hydrogen-bond donors (Lipinski definition) is 0. The van der Waals surface area contributed by atoms with E-state index in [9.17, 15) is 0 Å². The van der Waals surface area contributed by atoms with E-state index < -0.39 is 0 Å². The van der Waals surface area contributed by atoms with Gasteiger partial charge in [-0.05, 0) is 87.6 Å². The molecule has 0 saturated carbocycles. The van der Waals surface area contributed by atoms with Crippen LogP contribution in [-0.4, -0.2) is 0 Å². The summed E-state index contributed by atoms with van der Waals surface area (Å²) in [6, 6.07) is 76.0. The molecule has 0 atom stereocenters. The molecule has 13 rings (SSSR count). The van der Waals surface area contributed by atoms with E-state index in [-0.39, 0.29) is 0 Å². The molecule has 0 radical (unpaired) electrons. The molecule has 10 aromatic carbocycles. The maximum atomic E-state index is 7.08. The Hall–Kier alpha value is -7.92. The van der Waals surface area contributed by atoms with E-state index in [0.29, 0.717) is 0 Å². The minimum atomic E-state index is 0.824. The molecule has 0 saturated heterocycles. The van der Waals surface area contributed by atoms with Gasteiger partial charge in [0, 0.05) is 58.8 Å². The third-order valence-electron chi connectivity index (χ3n) is 12.5. The third kappa shape index (κ3) is 5.37. The molecule has 62 heavy (non-hydrogen) atoms. The summed E-state index contributed by atoms with van der Waals surface area (Å²) in [4.78, 5) is 2.38. The highest BCUT2D eigenvalue weighted by Crippen LogP contribution is 2.49. The van der Waals surface area contributed by atoms with Crippen molar-refractivity contribution in [2.24, 2.45) is 0 Å². The van der Waals surface area contributed by atoms with Crippen LogP contribution < -0.4 is 4.90 Å². The van der Waals surface area contributed by atoms with Crippen LogP contribution in [0.1, 0.15) is 0 Å². The molecule has 0 spiro atoms. The molecule has 3 nitrogen and oxygen atoms in total. The van der Waals surface area contributed by atoms with Crippen LogP contribution in [0.5, 0.6) is 0 Å². The normalized spacial score (nSPS) is 11.9. The first-order valence-corrected chi connectivity index (χ1v) is 21.8. The largest absolute Gasteiger partial charge is 0.455 e. The molecular formula is C58H35NO2S. The highest BCUT2D eigenvalue weighted by atomic mass is 32.1. The Labute approximate surface area is 360 Å². The van der Waals surface area contributed by atoms with Crippen molar-refractivity contribution in [3.63, 3.8) is 0 Å². The van der Waals surface area contributed by atoms with Gasteiger partial charge in [-0.2, -0.15) is 0 Å². The summed E-state index contributed by atoms with van der Waals surface area (Å²) in [6.07, 6.45) is 0. The highest BCUT2D eigenvalue weighted by molar-refractivity contribution is 7.26. The molecule has 13 aromatic rings. The van der Waals surface area contributed by atoms with Gasteiger partial charge in [0.2, 0.25) is 0 Å². The van der Waals surface area contributed by atoms with Crippen LogP contribution in [0.25, 0.3) is 108 Å². The molecule has 0 fully saturated rings. The van der Waals surface area contributed by atoms with Crippen LogP contribution in [0.3, 0.4) is 0 Å². The summed E-state index contributed by atoms with van der Waals surface area (Å²) in [6.45, 7) is 0. The zero-order chi connectivity index (χ0) is 40.7. The van der Waals surface area contributed by atoms with Crippen molar-refractivity contribution in [1.29, 1.82) is 0 Å². The Balaban J connectivity index is 1.04. The first kappa shape index (κ1) is 34.9. The molecule has 0 N–H and O–H groups in total. The van der Waals surface area contributed by atoms with Crippen molar-refractivity contribution in [3.05, 3.63) is 212 Å². The second-order valence-electron chi connectivity index (χ2n) is 16.0. The lowest BCUT2D eigenvalue weighted by Gasteiger charge is -2.26. The van der Waals surface area contributed by atoms with Crippen molar-refractivity contribution in [1.82, 2.24) is 0 Å². The number of anilines is 3. The SMILES string of the molecule is c1ccc(-c2ccc(N(c3ccc(-c4cccc5c4sc4ccccc45)cc3)c3cccc4oc5c(-c6cccc7c6oc6ccccc67)c6ccccc6cc5c34)cc2)cc1. The number of nitrogens with zero attached hydrogens (tertiary/aromatic N) is 1. The van der Waals surface area contributed by atoms with E-state index in [2.05, 4.69) is 205 Å². The zero-order valence-electron chi connectivity index (χ0n) is 33.4. The third-order valence-corrected chi connectivity index (χ3v) is 13.7. The summed E-state index contributed by atoms with van der Waals surface area (Å²) in [5, 5.41) is 9.16. The smallest absolute Gasteiger partial charge is 0.144 e. The molecule has 0 bridgehead atoms. The highest BCUT2D eigenvalue weighted by Gasteiger charge is 2.24. The van der Waals surface area contributed by atoms with Crippen LogP contribution in [0.2, 0.25) is 0 Å². The van der Waals surface area contributed by atoms with Gasteiger partial charge in [-0.1, -0.05) is 158 Å². The van der Waals surface area contributed by atoms with Gasteiger partial charge >= 0.3 is 0 Å². The van der Waals surface area contributed by atoms with E-state index in [0.717, 1.165) is 82.8 Å². The first-order chi connectivity index (χ1) is 30.7. The first-order valence-electron chi connectivity index (χ1n) is 21.0. The lowest BCUT2D eigenvalue weighted by atomic mass is 9.93. The average Bonchev–Trinajstić information content (AvgIpc) is 4.03. The van der Waals surface area contributed by atoms with Crippen molar-refractivity contribution >= 4 is 103 Å². The Bertz CT molecular complexity index is 3860. The predicted octanol–water partition coefficient (Wildman–Crippen LogP) is 17.5. The summed E-state index contributed by atoms with van der Waals surface area (Å²) < 4.78 is 16.4. The van der Waals surface area contributed by atoms with Gasteiger partial charge in [-0.25, -0.2) is 0 Å². The Kier molecular flexibility index (Phi) is 7.78. The fraction of sp³-hybridized carbons (Fsp3) is 0.